The van der Waals surface area contributed by atoms with Crippen molar-refractivity contribution in [1.82, 2.24) is 10.6 Å². The summed E-state index contributed by atoms with van der Waals surface area (Å²) in [5.74, 6) is 0.0537. The summed E-state index contributed by atoms with van der Waals surface area (Å²) in [6.07, 6.45) is 1.84. The number of carbonyl (C=O) groups excluding carboxylic acids is 1. The smallest absolute Gasteiger partial charge is 0.233 e. The van der Waals surface area contributed by atoms with E-state index < -0.39 is 0 Å². The molecule has 0 spiro atoms. The fourth-order valence-corrected chi connectivity index (χ4v) is 1.67. The molecule has 4 heteroatoms. The fraction of sp³-hybridized carbons (Fsp3) is 0.462. The lowest BCUT2D eigenvalue weighted by molar-refractivity contribution is -0.120. The molecule has 0 heterocycles. The number of hydrogen-bond donors (Lipinski definition) is 2. The summed E-state index contributed by atoms with van der Waals surface area (Å²) in [4.78, 5) is 11.3. The first-order valence-electron chi connectivity index (χ1n) is 5.94. The summed E-state index contributed by atoms with van der Waals surface area (Å²) >= 11 is 5.88. The normalized spacial score (nSPS) is 10.2. The molecule has 0 aliphatic rings. The van der Waals surface area contributed by atoms with E-state index in [9.17, 15) is 4.79 Å². The summed E-state index contributed by atoms with van der Waals surface area (Å²) in [6.45, 7) is 3.93. The lowest BCUT2D eigenvalue weighted by Gasteiger charge is -2.06. The Bertz CT molecular complexity index is 355. The molecule has 0 atom stereocenters. The molecule has 1 rings (SSSR count). The van der Waals surface area contributed by atoms with Crippen LogP contribution in [0.2, 0.25) is 5.02 Å². The molecule has 0 saturated carbocycles. The van der Waals surface area contributed by atoms with E-state index in [1.165, 1.54) is 5.56 Å². The third kappa shape index (κ3) is 6.29. The second-order valence-corrected chi connectivity index (χ2v) is 4.34. The van der Waals surface area contributed by atoms with Crippen LogP contribution < -0.4 is 10.6 Å². The summed E-state index contributed by atoms with van der Waals surface area (Å²) in [5, 5.41) is 6.68. The monoisotopic (exact) mass is 254 g/mol. The zero-order valence-corrected chi connectivity index (χ0v) is 10.9. The van der Waals surface area contributed by atoms with Crippen molar-refractivity contribution in [2.75, 3.05) is 19.6 Å². The van der Waals surface area contributed by atoms with E-state index >= 15 is 0 Å². The molecule has 0 saturated heterocycles. The van der Waals surface area contributed by atoms with Crippen molar-refractivity contribution in [2.45, 2.75) is 19.8 Å². The van der Waals surface area contributed by atoms with Crippen LogP contribution in [0.25, 0.3) is 0 Å². The number of hydrogen-bond acceptors (Lipinski definition) is 2. The lowest BCUT2D eigenvalue weighted by Crippen LogP contribution is -2.35. The minimum absolute atomic E-state index is 0.0537. The van der Waals surface area contributed by atoms with Gasteiger partial charge in [-0.2, -0.15) is 0 Å². The molecule has 0 aliphatic carbocycles. The van der Waals surface area contributed by atoms with Gasteiger partial charge in [-0.25, -0.2) is 0 Å². The molecule has 1 aromatic rings. The van der Waals surface area contributed by atoms with Gasteiger partial charge < -0.3 is 10.6 Å². The summed E-state index contributed by atoms with van der Waals surface area (Å²) < 4.78 is 0. The van der Waals surface area contributed by atoms with E-state index in [0.717, 1.165) is 31.0 Å². The molecule has 3 nitrogen and oxygen atoms in total. The maximum atomic E-state index is 11.3. The van der Waals surface area contributed by atoms with E-state index in [1.54, 1.807) is 0 Å². The fourth-order valence-electron chi connectivity index (χ4n) is 1.45. The van der Waals surface area contributed by atoms with Gasteiger partial charge in [0.15, 0.2) is 0 Å². The summed E-state index contributed by atoms with van der Waals surface area (Å²) in [6, 6.07) is 7.77. The Kier molecular flexibility index (Phi) is 6.67. The molecule has 0 aliphatic heterocycles. The highest BCUT2D eigenvalue weighted by atomic mass is 35.5. The molecular weight excluding hydrogens is 236 g/mol. The molecule has 1 amide bonds. The standard InChI is InChI=1S/C13H19ClN2O/c1-2-7-16-13(17)10-15-8-6-11-4-3-5-12(14)9-11/h3-5,9,15H,2,6-8,10H2,1H3,(H,16,17). The van der Waals surface area contributed by atoms with E-state index in [2.05, 4.69) is 10.6 Å². The third-order valence-electron chi connectivity index (χ3n) is 2.34. The average molecular weight is 255 g/mol. The molecule has 1 aromatic carbocycles. The number of amides is 1. The Labute approximate surface area is 108 Å². The van der Waals surface area contributed by atoms with Crippen LogP contribution in [-0.4, -0.2) is 25.5 Å². The van der Waals surface area contributed by atoms with Crippen molar-refractivity contribution in [3.63, 3.8) is 0 Å². The van der Waals surface area contributed by atoms with Crippen LogP contribution >= 0.6 is 11.6 Å². The van der Waals surface area contributed by atoms with E-state index in [4.69, 9.17) is 11.6 Å². The molecule has 17 heavy (non-hydrogen) atoms. The molecule has 2 N–H and O–H groups in total. The Balaban J connectivity index is 2.14. The molecule has 0 bridgehead atoms. The van der Waals surface area contributed by atoms with Crippen LogP contribution in [0, 0.1) is 0 Å². The predicted molar refractivity (Wildman–Crippen MR) is 71.3 cm³/mol. The average Bonchev–Trinajstić information content (AvgIpc) is 2.32. The molecule has 94 valence electrons. The molecule has 0 fully saturated rings. The Morgan fingerprint density at radius 2 is 2.18 bits per heavy atom. The van der Waals surface area contributed by atoms with Crippen molar-refractivity contribution in [1.29, 1.82) is 0 Å². The van der Waals surface area contributed by atoms with E-state index in [1.807, 2.05) is 31.2 Å². The van der Waals surface area contributed by atoms with Gasteiger partial charge in [-0.15, -0.1) is 0 Å². The van der Waals surface area contributed by atoms with Gasteiger partial charge in [0.1, 0.15) is 0 Å². The van der Waals surface area contributed by atoms with Crippen molar-refractivity contribution >= 4 is 17.5 Å². The highest BCUT2D eigenvalue weighted by Crippen LogP contribution is 2.10. The summed E-state index contributed by atoms with van der Waals surface area (Å²) in [5.41, 5.74) is 1.18. The van der Waals surface area contributed by atoms with Gasteiger partial charge in [-0.1, -0.05) is 30.7 Å². The predicted octanol–water partition coefficient (Wildman–Crippen LogP) is 2.00. The Morgan fingerprint density at radius 3 is 2.88 bits per heavy atom. The molecule has 0 aromatic heterocycles. The molecule has 0 unspecified atom stereocenters. The highest BCUT2D eigenvalue weighted by molar-refractivity contribution is 6.30. The zero-order valence-electron chi connectivity index (χ0n) is 10.1. The van der Waals surface area contributed by atoms with Gasteiger partial charge in [0.2, 0.25) is 5.91 Å². The first-order chi connectivity index (χ1) is 8.22. The van der Waals surface area contributed by atoms with Crippen LogP contribution in [0.1, 0.15) is 18.9 Å². The topological polar surface area (TPSA) is 41.1 Å². The van der Waals surface area contributed by atoms with Crippen LogP contribution in [0.15, 0.2) is 24.3 Å². The second kappa shape index (κ2) is 8.09. The SMILES string of the molecule is CCCNC(=O)CNCCc1cccc(Cl)c1. The summed E-state index contributed by atoms with van der Waals surface area (Å²) in [7, 11) is 0. The first kappa shape index (κ1) is 14.0. The largest absolute Gasteiger partial charge is 0.355 e. The number of rotatable bonds is 7. The molecule has 0 radical (unpaired) electrons. The van der Waals surface area contributed by atoms with Crippen LogP contribution in [0.3, 0.4) is 0 Å². The van der Waals surface area contributed by atoms with Crippen LogP contribution in [-0.2, 0) is 11.2 Å². The molecular formula is C13H19ClN2O. The van der Waals surface area contributed by atoms with Gasteiger partial charge in [0, 0.05) is 11.6 Å². The van der Waals surface area contributed by atoms with Crippen molar-refractivity contribution < 1.29 is 4.79 Å². The van der Waals surface area contributed by atoms with E-state index in [-0.39, 0.29) is 5.91 Å². The van der Waals surface area contributed by atoms with Crippen molar-refractivity contribution in [3.8, 4) is 0 Å². The van der Waals surface area contributed by atoms with Crippen LogP contribution in [0.4, 0.5) is 0 Å². The Hall–Kier alpha value is -1.06. The van der Waals surface area contributed by atoms with Gasteiger partial charge in [-0.3, -0.25) is 4.79 Å². The number of halogens is 1. The van der Waals surface area contributed by atoms with Gasteiger partial charge in [0.25, 0.3) is 0 Å². The number of benzene rings is 1. The number of nitrogens with one attached hydrogen (secondary N) is 2. The lowest BCUT2D eigenvalue weighted by atomic mass is 10.1. The van der Waals surface area contributed by atoms with Crippen molar-refractivity contribution in [3.05, 3.63) is 34.9 Å². The Morgan fingerprint density at radius 1 is 1.35 bits per heavy atom. The zero-order chi connectivity index (χ0) is 12.5. The maximum Gasteiger partial charge on any atom is 0.233 e. The van der Waals surface area contributed by atoms with E-state index in [0.29, 0.717) is 6.54 Å². The number of carbonyl (C=O) groups is 1. The minimum atomic E-state index is 0.0537. The van der Waals surface area contributed by atoms with Crippen molar-refractivity contribution in [2.24, 2.45) is 0 Å². The first-order valence-corrected chi connectivity index (χ1v) is 6.32. The maximum absolute atomic E-state index is 11.3. The van der Waals surface area contributed by atoms with Crippen LogP contribution in [0.5, 0.6) is 0 Å². The van der Waals surface area contributed by atoms with Gasteiger partial charge in [-0.05, 0) is 37.1 Å². The minimum Gasteiger partial charge on any atom is -0.355 e. The van der Waals surface area contributed by atoms with Gasteiger partial charge >= 0.3 is 0 Å². The third-order valence-corrected chi connectivity index (χ3v) is 2.57. The quantitative estimate of drug-likeness (QED) is 0.731. The second-order valence-electron chi connectivity index (χ2n) is 3.91. The van der Waals surface area contributed by atoms with Gasteiger partial charge in [0.05, 0.1) is 6.54 Å². The highest BCUT2D eigenvalue weighted by Gasteiger charge is 1.99.